The molecule has 2 aliphatic rings. The van der Waals surface area contributed by atoms with Crippen molar-refractivity contribution in [3.63, 3.8) is 0 Å². The minimum atomic E-state index is -3.10. The van der Waals surface area contributed by atoms with E-state index in [-0.39, 0.29) is 36.2 Å². The fourth-order valence-corrected chi connectivity index (χ4v) is 5.36. The molecule has 0 aliphatic carbocycles. The molecule has 1 amide bonds. The monoisotopic (exact) mass is 421 g/mol. The van der Waals surface area contributed by atoms with Gasteiger partial charge in [0.05, 0.1) is 22.6 Å². The summed E-state index contributed by atoms with van der Waals surface area (Å²) in [5, 5.41) is 0.811. The van der Waals surface area contributed by atoms with Gasteiger partial charge in [0.1, 0.15) is 5.75 Å². The van der Waals surface area contributed by atoms with Crippen molar-refractivity contribution < 1.29 is 22.7 Å². The fraction of sp³-hybridized carbons (Fsp3) is 0.588. The van der Waals surface area contributed by atoms with Crippen LogP contribution in [0.3, 0.4) is 0 Å². The molecule has 26 heavy (non-hydrogen) atoms. The minimum absolute atomic E-state index is 0.0105. The van der Waals surface area contributed by atoms with Crippen LogP contribution in [-0.4, -0.2) is 62.6 Å². The van der Waals surface area contributed by atoms with Gasteiger partial charge in [-0.25, -0.2) is 8.42 Å². The predicted molar refractivity (Wildman–Crippen MR) is 99.7 cm³/mol. The molecular weight excluding hydrogens is 401 g/mol. The second kappa shape index (κ2) is 8.33. The summed E-state index contributed by atoms with van der Waals surface area (Å²) in [7, 11) is -3.10. The van der Waals surface area contributed by atoms with Gasteiger partial charge in [-0.15, -0.1) is 0 Å². The first-order valence-electron chi connectivity index (χ1n) is 8.53. The topological polar surface area (TPSA) is 72.9 Å². The summed E-state index contributed by atoms with van der Waals surface area (Å²) in [4.78, 5) is 14.4. The number of carbonyl (C=O) groups is 1. The van der Waals surface area contributed by atoms with E-state index in [1.165, 1.54) is 0 Å². The van der Waals surface area contributed by atoms with Crippen molar-refractivity contribution in [3.8, 4) is 5.75 Å². The maximum atomic E-state index is 12.8. The fourth-order valence-electron chi connectivity index (χ4n) is 3.29. The molecule has 2 aliphatic heterocycles. The molecule has 144 valence electrons. The van der Waals surface area contributed by atoms with Crippen LogP contribution in [0.1, 0.15) is 19.3 Å². The van der Waals surface area contributed by atoms with E-state index in [0.717, 1.165) is 12.8 Å². The number of ether oxygens (including phenoxy) is 2. The summed E-state index contributed by atoms with van der Waals surface area (Å²) in [6.45, 7) is 0.819. The number of benzene rings is 1. The van der Waals surface area contributed by atoms with Gasteiger partial charge in [-0.05, 0) is 31.4 Å². The molecule has 0 saturated carbocycles. The first kappa shape index (κ1) is 19.7. The first-order chi connectivity index (χ1) is 12.3. The Morgan fingerprint density at radius 1 is 1.31 bits per heavy atom. The van der Waals surface area contributed by atoms with Gasteiger partial charge in [-0.3, -0.25) is 4.79 Å². The molecule has 2 saturated heterocycles. The zero-order valence-electron chi connectivity index (χ0n) is 14.2. The number of hydrogen-bond donors (Lipinski definition) is 0. The summed E-state index contributed by atoms with van der Waals surface area (Å²) >= 11 is 12.0. The standard InChI is InChI=1S/C17H21Cl2NO5S/c18-12-3-4-15(19)16(8-12)25-10-17(21)20(9-14-2-1-6-24-14)13-5-7-26(22,23)11-13/h3-4,8,13-14H,1-2,5-7,9-11H2. The third-order valence-electron chi connectivity index (χ3n) is 4.64. The molecule has 0 aromatic heterocycles. The normalized spacial score (nSPS) is 24.5. The van der Waals surface area contributed by atoms with E-state index in [1.54, 1.807) is 23.1 Å². The molecule has 9 heteroatoms. The van der Waals surface area contributed by atoms with Gasteiger partial charge in [0.2, 0.25) is 0 Å². The molecule has 1 aromatic rings. The molecule has 6 nitrogen and oxygen atoms in total. The summed E-state index contributed by atoms with van der Waals surface area (Å²) in [6.07, 6.45) is 2.20. The summed E-state index contributed by atoms with van der Waals surface area (Å²) in [5.41, 5.74) is 0. The van der Waals surface area contributed by atoms with Crippen molar-refractivity contribution in [2.45, 2.75) is 31.4 Å². The molecule has 0 radical (unpaired) electrons. The van der Waals surface area contributed by atoms with Crippen LogP contribution < -0.4 is 4.74 Å². The molecule has 0 N–H and O–H groups in total. The van der Waals surface area contributed by atoms with E-state index in [0.29, 0.717) is 35.4 Å². The van der Waals surface area contributed by atoms with E-state index >= 15 is 0 Å². The average molecular weight is 422 g/mol. The SMILES string of the molecule is O=C(COc1cc(Cl)ccc1Cl)N(CC1CCCO1)C1CCS(=O)(=O)C1. The molecule has 2 fully saturated rings. The lowest BCUT2D eigenvalue weighted by Gasteiger charge is -2.30. The molecule has 0 spiro atoms. The van der Waals surface area contributed by atoms with Gasteiger partial charge in [-0.2, -0.15) is 0 Å². The number of amides is 1. The van der Waals surface area contributed by atoms with Crippen LogP contribution in [0, 0.1) is 0 Å². The number of hydrogen-bond acceptors (Lipinski definition) is 5. The van der Waals surface area contributed by atoms with Gasteiger partial charge >= 0.3 is 0 Å². The Morgan fingerprint density at radius 3 is 2.77 bits per heavy atom. The minimum Gasteiger partial charge on any atom is -0.482 e. The van der Waals surface area contributed by atoms with Crippen molar-refractivity contribution >= 4 is 38.9 Å². The number of nitrogens with zero attached hydrogens (tertiary/aromatic N) is 1. The number of halogens is 2. The Morgan fingerprint density at radius 2 is 2.12 bits per heavy atom. The predicted octanol–water partition coefficient (Wildman–Crippen LogP) is 2.57. The lowest BCUT2D eigenvalue weighted by Crippen LogP contribution is -2.47. The second-order valence-corrected chi connectivity index (χ2v) is 9.67. The highest BCUT2D eigenvalue weighted by molar-refractivity contribution is 7.91. The maximum Gasteiger partial charge on any atom is 0.260 e. The first-order valence-corrected chi connectivity index (χ1v) is 11.1. The van der Waals surface area contributed by atoms with Crippen LogP contribution in [0.5, 0.6) is 5.75 Å². The highest BCUT2D eigenvalue weighted by Gasteiger charge is 2.36. The Kier molecular flexibility index (Phi) is 6.33. The number of sulfone groups is 1. The second-order valence-electron chi connectivity index (χ2n) is 6.60. The smallest absolute Gasteiger partial charge is 0.260 e. The van der Waals surface area contributed by atoms with E-state index in [4.69, 9.17) is 32.7 Å². The molecule has 1 aromatic carbocycles. The lowest BCUT2D eigenvalue weighted by molar-refractivity contribution is -0.137. The molecule has 0 bridgehead atoms. The molecule has 2 atom stereocenters. The quantitative estimate of drug-likeness (QED) is 0.705. The molecule has 2 heterocycles. The van der Waals surface area contributed by atoms with Gasteiger partial charge < -0.3 is 14.4 Å². The number of carbonyl (C=O) groups excluding carboxylic acids is 1. The highest BCUT2D eigenvalue weighted by Crippen LogP contribution is 2.28. The van der Waals surface area contributed by atoms with E-state index in [1.807, 2.05) is 0 Å². The summed E-state index contributed by atoms with van der Waals surface area (Å²) in [6, 6.07) is 4.43. The third-order valence-corrected chi connectivity index (χ3v) is 6.94. The summed E-state index contributed by atoms with van der Waals surface area (Å²) in [5.74, 6) is 0.138. The van der Waals surface area contributed by atoms with Gasteiger partial charge in [0, 0.05) is 30.3 Å². The van der Waals surface area contributed by atoms with Crippen LogP contribution in [-0.2, 0) is 19.4 Å². The van der Waals surface area contributed by atoms with Gasteiger partial charge in [-0.1, -0.05) is 23.2 Å². The molecule has 2 unspecified atom stereocenters. The van der Waals surface area contributed by atoms with Crippen LogP contribution in [0.15, 0.2) is 18.2 Å². The van der Waals surface area contributed by atoms with Crippen LogP contribution in [0.4, 0.5) is 0 Å². The average Bonchev–Trinajstić information content (AvgIpc) is 3.22. The lowest BCUT2D eigenvalue weighted by atomic mass is 10.1. The van der Waals surface area contributed by atoms with Crippen molar-refractivity contribution in [3.05, 3.63) is 28.2 Å². The van der Waals surface area contributed by atoms with Crippen LogP contribution in [0.2, 0.25) is 10.0 Å². The Labute approximate surface area is 163 Å². The van der Waals surface area contributed by atoms with Crippen molar-refractivity contribution in [2.24, 2.45) is 0 Å². The Balaban J connectivity index is 1.68. The summed E-state index contributed by atoms with van der Waals surface area (Å²) < 4.78 is 34.8. The van der Waals surface area contributed by atoms with Crippen LogP contribution >= 0.6 is 23.2 Å². The zero-order chi connectivity index (χ0) is 18.7. The van der Waals surface area contributed by atoms with Gasteiger partial charge in [0.25, 0.3) is 5.91 Å². The maximum absolute atomic E-state index is 12.8. The van der Waals surface area contributed by atoms with E-state index < -0.39 is 9.84 Å². The third kappa shape index (κ3) is 5.03. The van der Waals surface area contributed by atoms with Crippen molar-refractivity contribution in [2.75, 3.05) is 31.3 Å². The van der Waals surface area contributed by atoms with Crippen molar-refractivity contribution in [1.29, 1.82) is 0 Å². The Bertz CT molecular complexity index is 764. The molecular formula is C17H21Cl2NO5S. The van der Waals surface area contributed by atoms with Crippen LogP contribution in [0.25, 0.3) is 0 Å². The van der Waals surface area contributed by atoms with E-state index in [9.17, 15) is 13.2 Å². The van der Waals surface area contributed by atoms with Gasteiger partial charge in [0.15, 0.2) is 16.4 Å². The zero-order valence-corrected chi connectivity index (χ0v) is 16.5. The largest absolute Gasteiger partial charge is 0.482 e. The highest BCUT2D eigenvalue weighted by atomic mass is 35.5. The number of rotatable bonds is 6. The Hall–Kier alpha value is -1.02. The van der Waals surface area contributed by atoms with E-state index in [2.05, 4.69) is 0 Å². The van der Waals surface area contributed by atoms with Crippen molar-refractivity contribution in [1.82, 2.24) is 4.90 Å². The molecule has 3 rings (SSSR count).